The summed E-state index contributed by atoms with van der Waals surface area (Å²) in [6, 6.07) is 12.2. The molecule has 6 nitrogen and oxygen atoms in total. The summed E-state index contributed by atoms with van der Waals surface area (Å²) < 4.78 is 5.30. The van der Waals surface area contributed by atoms with Crippen LogP contribution in [0.5, 0.6) is 0 Å². The van der Waals surface area contributed by atoms with E-state index < -0.39 is 0 Å². The normalized spacial score (nSPS) is 12.6. The molecular formula is C18H13N3O3. The van der Waals surface area contributed by atoms with Crippen LogP contribution in [-0.4, -0.2) is 16.8 Å². The molecule has 0 radical (unpaired) electrons. The molecule has 2 amide bonds. The van der Waals surface area contributed by atoms with Crippen molar-refractivity contribution in [1.29, 1.82) is 0 Å². The first-order valence-corrected chi connectivity index (χ1v) is 7.43. The van der Waals surface area contributed by atoms with E-state index >= 15 is 0 Å². The van der Waals surface area contributed by atoms with Crippen LogP contribution in [-0.2, 0) is 11.2 Å². The second-order valence-corrected chi connectivity index (χ2v) is 5.46. The summed E-state index contributed by atoms with van der Waals surface area (Å²) in [5.41, 5.74) is 3.39. The average molecular weight is 319 g/mol. The fourth-order valence-corrected chi connectivity index (χ4v) is 2.64. The molecule has 1 aliphatic heterocycles. The highest BCUT2D eigenvalue weighted by atomic mass is 16.3. The summed E-state index contributed by atoms with van der Waals surface area (Å²) in [6.45, 7) is 0. The van der Waals surface area contributed by atoms with Crippen LogP contribution in [0.2, 0.25) is 0 Å². The van der Waals surface area contributed by atoms with E-state index in [1.807, 2.05) is 0 Å². The van der Waals surface area contributed by atoms with Crippen LogP contribution < -0.4 is 10.6 Å². The van der Waals surface area contributed by atoms with Crippen molar-refractivity contribution in [3.05, 3.63) is 66.1 Å². The van der Waals surface area contributed by atoms with E-state index in [1.165, 1.54) is 0 Å². The Hall–Kier alpha value is -3.41. The molecule has 1 aromatic carbocycles. The van der Waals surface area contributed by atoms with E-state index in [9.17, 15) is 9.59 Å². The van der Waals surface area contributed by atoms with Crippen LogP contribution in [0.3, 0.4) is 0 Å². The quantitative estimate of drug-likeness (QED) is 0.777. The monoisotopic (exact) mass is 319 g/mol. The number of aromatic nitrogens is 1. The number of pyridine rings is 1. The Morgan fingerprint density at radius 3 is 2.96 bits per heavy atom. The van der Waals surface area contributed by atoms with Crippen LogP contribution in [0.25, 0.3) is 11.5 Å². The van der Waals surface area contributed by atoms with Gasteiger partial charge in [-0.2, -0.15) is 0 Å². The van der Waals surface area contributed by atoms with E-state index in [-0.39, 0.29) is 11.8 Å². The second kappa shape index (κ2) is 5.66. The molecule has 2 N–H and O–H groups in total. The van der Waals surface area contributed by atoms with Gasteiger partial charge in [-0.3, -0.25) is 14.6 Å². The number of amides is 2. The topological polar surface area (TPSA) is 84.2 Å². The minimum absolute atomic E-state index is 0.0364. The molecule has 0 spiro atoms. The van der Waals surface area contributed by atoms with Crippen molar-refractivity contribution in [2.45, 2.75) is 6.42 Å². The molecule has 0 saturated carbocycles. The van der Waals surface area contributed by atoms with Gasteiger partial charge in [0.25, 0.3) is 5.91 Å². The first-order chi connectivity index (χ1) is 11.7. The van der Waals surface area contributed by atoms with Crippen LogP contribution in [0.4, 0.5) is 11.4 Å². The van der Waals surface area contributed by atoms with E-state index in [4.69, 9.17) is 4.42 Å². The Bertz CT molecular complexity index is 932. The smallest absolute Gasteiger partial charge is 0.255 e. The molecule has 24 heavy (non-hydrogen) atoms. The highest BCUT2D eigenvalue weighted by Gasteiger charge is 2.18. The number of furan rings is 1. The number of anilines is 2. The molecule has 0 fully saturated rings. The number of hydrogen-bond donors (Lipinski definition) is 2. The van der Waals surface area contributed by atoms with Crippen molar-refractivity contribution >= 4 is 23.2 Å². The van der Waals surface area contributed by atoms with Gasteiger partial charge in [-0.25, -0.2) is 0 Å². The van der Waals surface area contributed by atoms with Crippen LogP contribution >= 0.6 is 0 Å². The Balaban J connectivity index is 1.56. The second-order valence-electron chi connectivity index (χ2n) is 5.46. The van der Waals surface area contributed by atoms with Gasteiger partial charge in [-0.05, 0) is 48.0 Å². The average Bonchev–Trinajstić information content (AvgIpc) is 3.23. The van der Waals surface area contributed by atoms with Gasteiger partial charge in [0.1, 0.15) is 5.69 Å². The molecule has 0 saturated heterocycles. The zero-order chi connectivity index (χ0) is 16.5. The fraction of sp³-hybridized carbons (Fsp3) is 0.0556. The SMILES string of the molecule is O=C1Cc2cc(NC(=O)c3ccnc(-c4ccco4)c3)ccc2N1. The van der Waals surface area contributed by atoms with Crippen molar-refractivity contribution in [3.8, 4) is 11.5 Å². The lowest BCUT2D eigenvalue weighted by molar-refractivity contribution is -0.115. The first kappa shape index (κ1) is 14.2. The predicted octanol–water partition coefficient (Wildman–Crippen LogP) is 3.09. The van der Waals surface area contributed by atoms with Crippen molar-refractivity contribution in [1.82, 2.24) is 4.98 Å². The van der Waals surface area contributed by atoms with E-state index in [2.05, 4.69) is 15.6 Å². The summed E-state index contributed by atoms with van der Waals surface area (Å²) >= 11 is 0. The van der Waals surface area contributed by atoms with Gasteiger partial charge in [-0.1, -0.05) is 0 Å². The van der Waals surface area contributed by atoms with Crippen molar-refractivity contribution < 1.29 is 14.0 Å². The minimum atomic E-state index is -0.248. The van der Waals surface area contributed by atoms with E-state index in [0.717, 1.165) is 11.3 Å². The molecule has 0 bridgehead atoms. The molecule has 2 aromatic heterocycles. The summed E-state index contributed by atoms with van der Waals surface area (Å²) in [4.78, 5) is 28.0. The maximum absolute atomic E-state index is 12.4. The molecule has 1 aliphatic rings. The molecule has 6 heteroatoms. The highest BCUT2D eigenvalue weighted by molar-refractivity contribution is 6.05. The van der Waals surface area contributed by atoms with Gasteiger partial charge < -0.3 is 15.1 Å². The van der Waals surface area contributed by atoms with Gasteiger partial charge in [0.2, 0.25) is 5.91 Å². The third kappa shape index (κ3) is 2.65. The molecule has 3 heterocycles. The summed E-state index contributed by atoms with van der Waals surface area (Å²) in [7, 11) is 0. The number of nitrogens with one attached hydrogen (secondary N) is 2. The molecule has 3 aromatic rings. The van der Waals surface area contributed by atoms with E-state index in [1.54, 1.807) is 54.9 Å². The van der Waals surface area contributed by atoms with Gasteiger partial charge >= 0.3 is 0 Å². The lowest BCUT2D eigenvalue weighted by Gasteiger charge is -2.07. The van der Waals surface area contributed by atoms with Crippen LogP contribution in [0.1, 0.15) is 15.9 Å². The van der Waals surface area contributed by atoms with Gasteiger partial charge in [0.15, 0.2) is 5.76 Å². The van der Waals surface area contributed by atoms with Gasteiger partial charge in [0, 0.05) is 23.1 Å². The number of benzene rings is 1. The standard InChI is InChI=1S/C18H13N3O3/c22-17-10-12-8-13(3-4-14(12)21-17)20-18(23)11-5-6-19-15(9-11)16-2-1-7-24-16/h1-9H,10H2,(H,20,23)(H,21,22). The molecule has 0 atom stereocenters. The van der Waals surface area contributed by atoms with Crippen molar-refractivity contribution in [3.63, 3.8) is 0 Å². The fourth-order valence-electron chi connectivity index (χ4n) is 2.64. The molecule has 0 aliphatic carbocycles. The Labute approximate surface area is 137 Å². The number of rotatable bonds is 3. The maximum Gasteiger partial charge on any atom is 0.255 e. The Morgan fingerprint density at radius 2 is 2.12 bits per heavy atom. The van der Waals surface area contributed by atoms with Gasteiger partial charge in [-0.15, -0.1) is 0 Å². The highest BCUT2D eigenvalue weighted by Crippen LogP contribution is 2.26. The molecular weight excluding hydrogens is 306 g/mol. The number of carbonyl (C=O) groups is 2. The zero-order valence-corrected chi connectivity index (χ0v) is 12.6. The van der Waals surface area contributed by atoms with Gasteiger partial charge in [0.05, 0.1) is 12.7 Å². The Morgan fingerprint density at radius 1 is 1.21 bits per heavy atom. The molecule has 4 rings (SSSR count). The Kier molecular flexibility index (Phi) is 3.35. The van der Waals surface area contributed by atoms with Crippen molar-refractivity contribution in [2.75, 3.05) is 10.6 Å². The number of fused-ring (bicyclic) bond motifs is 1. The van der Waals surface area contributed by atoms with Crippen LogP contribution in [0, 0.1) is 0 Å². The van der Waals surface area contributed by atoms with E-state index in [0.29, 0.717) is 29.1 Å². The third-order valence-electron chi connectivity index (χ3n) is 3.78. The predicted molar refractivity (Wildman–Crippen MR) is 88.7 cm³/mol. The minimum Gasteiger partial charge on any atom is -0.463 e. The maximum atomic E-state index is 12.4. The van der Waals surface area contributed by atoms with Crippen LogP contribution in [0.15, 0.2) is 59.3 Å². The summed E-state index contributed by atoms with van der Waals surface area (Å²) in [5, 5.41) is 5.60. The molecule has 0 unspecified atom stereocenters. The largest absolute Gasteiger partial charge is 0.463 e. The lowest BCUT2D eigenvalue weighted by Crippen LogP contribution is -2.12. The summed E-state index contributed by atoms with van der Waals surface area (Å²) in [6.07, 6.45) is 3.46. The third-order valence-corrected chi connectivity index (χ3v) is 3.78. The summed E-state index contributed by atoms with van der Waals surface area (Å²) in [5.74, 6) is 0.319. The zero-order valence-electron chi connectivity index (χ0n) is 12.6. The lowest BCUT2D eigenvalue weighted by atomic mass is 10.1. The number of nitrogens with zero attached hydrogens (tertiary/aromatic N) is 1. The molecule has 118 valence electrons. The van der Waals surface area contributed by atoms with Crippen molar-refractivity contribution in [2.24, 2.45) is 0 Å². The number of carbonyl (C=O) groups excluding carboxylic acids is 2. The first-order valence-electron chi connectivity index (χ1n) is 7.43. The number of hydrogen-bond acceptors (Lipinski definition) is 4.